The summed E-state index contributed by atoms with van der Waals surface area (Å²) in [5, 5.41) is 0.594. The Balaban J connectivity index is 1.87. The van der Waals surface area contributed by atoms with Gasteiger partial charge in [0.05, 0.1) is 4.51 Å². The summed E-state index contributed by atoms with van der Waals surface area (Å²) in [7, 11) is 0. The maximum absolute atomic E-state index is 13.3. The summed E-state index contributed by atoms with van der Waals surface area (Å²) >= 11 is 5.34. The first kappa shape index (κ1) is 13.3. The highest BCUT2D eigenvalue weighted by molar-refractivity contribution is 7.71. The quantitative estimate of drug-likeness (QED) is 0.607. The van der Waals surface area contributed by atoms with Crippen molar-refractivity contribution in [3.05, 3.63) is 52.8 Å². The van der Waals surface area contributed by atoms with Crippen molar-refractivity contribution in [3.8, 4) is 22.8 Å². The molecule has 0 unspecified atom stereocenters. The molecule has 22 heavy (non-hydrogen) atoms. The monoisotopic (exact) mass is 314 g/mol. The minimum absolute atomic E-state index is 0.333. The van der Waals surface area contributed by atoms with Crippen LogP contribution >= 0.6 is 12.2 Å². The van der Waals surface area contributed by atoms with Crippen LogP contribution in [-0.4, -0.2) is 13.2 Å². The highest BCUT2D eigenvalue weighted by atomic mass is 32.1. The molecule has 0 radical (unpaired) electrons. The zero-order valence-electron chi connectivity index (χ0n) is 11.5. The van der Waals surface area contributed by atoms with Gasteiger partial charge in [-0.1, -0.05) is 12.2 Å². The third-order valence-corrected chi connectivity index (χ3v) is 3.85. The SMILES string of the molecule is Fc1ccc2oc(-c3ccc4c(c3)OCCO4)cc(=S)c2c1. The minimum Gasteiger partial charge on any atom is -0.486 e. The van der Waals surface area contributed by atoms with Crippen molar-refractivity contribution in [3.63, 3.8) is 0 Å². The summed E-state index contributed by atoms with van der Waals surface area (Å²) in [6.07, 6.45) is 0. The Kier molecular flexibility index (Phi) is 3.08. The van der Waals surface area contributed by atoms with Gasteiger partial charge in [-0.3, -0.25) is 0 Å². The van der Waals surface area contributed by atoms with Gasteiger partial charge in [0, 0.05) is 17.0 Å². The van der Waals surface area contributed by atoms with Crippen molar-refractivity contribution in [1.82, 2.24) is 0 Å². The number of hydrogen-bond acceptors (Lipinski definition) is 4. The van der Waals surface area contributed by atoms with Gasteiger partial charge >= 0.3 is 0 Å². The van der Waals surface area contributed by atoms with Gasteiger partial charge in [-0.2, -0.15) is 0 Å². The second-order valence-corrected chi connectivity index (χ2v) is 5.41. The fourth-order valence-corrected chi connectivity index (χ4v) is 2.73. The van der Waals surface area contributed by atoms with Gasteiger partial charge in [0.25, 0.3) is 0 Å². The molecule has 0 saturated carbocycles. The van der Waals surface area contributed by atoms with Gasteiger partial charge in [-0.05, 0) is 36.4 Å². The van der Waals surface area contributed by atoms with E-state index >= 15 is 0 Å². The van der Waals surface area contributed by atoms with E-state index in [0.717, 1.165) is 11.3 Å². The van der Waals surface area contributed by atoms with E-state index in [1.165, 1.54) is 12.1 Å². The van der Waals surface area contributed by atoms with Gasteiger partial charge in [0.1, 0.15) is 30.4 Å². The van der Waals surface area contributed by atoms with Crippen LogP contribution in [0.2, 0.25) is 0 Å². The third kappa shape index (κ3) is 2.23. The first-order valence-electron chi connectivity index (χ1n) is 6.84. The van der Waals surface area contributed by atoms with Crippen LogP contribution in [0.15, 0.2) is 46.9 Å². The molecule has 2 heterocycles. The zero-order chi connectivity index (χ0) is 15.1. The minimum atomic E-state index is -0.333. The predicted octanol–water partition coefficient (Wildman–Crippen LogP) is 4.74. The van der Waals surface area contributed by atoms with Gasteiger partial charge in [0.15, 0.2) is 11.5 Å². The molecule has 1 aromatic heterocycles. The summed E-state index contributed by atoms with van der Waals surface area (Å²) in [6, 6.07) is 11.6. The molecule has 1 aliphatic heterocycles. The molecule has 0 N–H and O–H groups in total. The van der Waals surface area contributed by atoms with Crippen LogP contribution in [0.1, 0.15) is 0 Å². The van der Waals surface area contributed by atoms with E-state index in [2.05, 4.69) is 0 Å². The van der Waals surface area contributed by atoms with Crippen LogP contribution in [0.5, 0.6) is 11.5 Å². The van der Waals surface area contributed by atoms with Crippen LogP contribution in [0.25, 0.3) is 22.3 Å². The average Bonchev–Trinajstić information content (AvgIpc) is 2.55. The fourth-order valence-electron chi connectivity index (χ4n) is 2.47. The fraction of sp³-hybridized carbons (Fsp3) is 0.118. The van der Waals surface area contributed by atoms with E-state index in [0.29, 0.717) is 40.2 Å². The lowest BCUT2D eigenvalue weighted by Crippen LogP contribution is -2.15. The Bertz CT molecular complexity index is 933. The Morgan fingerprint density at radius 1 is 0.909 bits per heavy atom. The molecule has 0 aliphatic carbocycles. The maximum Gasteiger partial charge on any atom is 0.162 e. The average molecular weight is 314 g/mol. The number of ether oxygens (including phenoxy) is 2. The lowest BCUT2D eigenvalue weighted by Gasteiger charge is -2.18. The summed E-state index contributed by atoms with van der Waals surface area (Å²) in [5.41, 5.74) is 1.39. The number of hydrogen-bond donors (Lipinski definition) is 0. The number of benzene rings is 2. The number of halogens is 1. The topological polar surface area (TPSA) is 31.6 Å². The van der Waals surface area contributed by atoms with Crippen molar-refractivity contribution in [1.29, 1.82) is 0 Å². The maximum atomic E-state index is 13.3. The molecule has 0 bridgehead atoms. The summed E-state index contributed by atoms with van der Waals surface area (Å²) in [4.78, 5) is 0. The second kappa shape index (κ2) is 5.10. The van der Waals surface area contributed by atoms with Crippen molar-refractivity contribution in [2.45, 2.75) is 0 Å². The molecule has 5 heteroatoms. The summed E-state index contributed by atoms with van der Waals surface area (Å²) in [5.74, 6) is 1.68. The zero-order valence-corrected chi connectivity index (χ0v) is 12.3. The molecule has 3 nitrogen and oxygen atoms in total. The second-order valence-electron chi connectivity index (χ2n) is 4.97. The van der Waals surface area contributed by atoms with E-state index in [1.807, 2.05) is 18.2 Å². The molecular weight excluding hydrogens is 303 g/mol. The van der Waals surface area contributed by atoms with E-state index in [4.69, 9.17) is 26.1 Å². The molecule has 2 aromatic carbocycles. The molecule has 0 saturated heterocycles. The molecular formula is C17H11FO3S. The number of fused-ring (bicyclic) bond motifs is 2. The van der Waals surface area contributed by atoms with Crippen LogP contribution in [-0.2, 0) is 0 Å². The van der Waals surface area contributed by atoms with Crippen molar-refractivity contribution < 1.29 is 18.3 Å². The van der Waals surface area contributed by atoms with E-state index in [1.54, 1.807) is 12.1 Å². The third-order valence-electron chi connectivity index (χ3n) is 3.52. The van der Waals surface area contributed by atoms with Crippen LogP contribution < -0.4 is 9.47 Å². The molecule has 110 valence electrons. The largest absolute Gasteiger partial charge is 0.486 e. The first-order valence-corrected chi connectivity index (χ1v) is 7.25. The smallest absolute Gasteiger partial charge is 0.162 e. The molecule has 0 spiro atoms. The number of rotatable bonds is 1. The van der Waals surface area contributed by atoms with Gasteiger partial charge in [0.2, 0.25) is 0 Å². The normalized spacial score (nSPS) is 13.3. The van der Waals surface area contributed by atoms with E-state index in [9.17, 15) is 4.39 Å². The van der Waals surface area contributed by atoms with Crippen LogP contribution in [0, 0.1) is 10.3 Å². The Morgan fingerprint density at radius 3 is 2.59 bits per heavy atom. The Morgan fingerprint density at radius 2 is 1.73 bits per heavy atom. The highest BCUT2D eigenvalue weighted by Crippen LogP contribution is 2.35. The summed E-state index contributed by atoms with van der Waals surface area (Å²) < 4.78 is 30.8. The molecule has 3 aromatic rings. The molecule has 4 rings (SSSR count). The Labute approximate surface area is 130 Å². The van der Waals surface area contributed by atoms with Gasteiger partial charge < -0.3 is 13.9 Å². The van der Waals surface area contributed by atoms with Crippen LogP contribution in [0.4, 0.5) is 4.39 Å². The van der Waals surface area contributed by atoms with Crippen molar-refractivity contribution in [2.75, 3.05) is 13.2 Å². The van der Waals surface area contributed by atoms with Crippen LogP contribution in [0.3, 0.4) is 0 Å². The standard InChI is InChI=1S/C17H11FO3S/c18-11-2-4-13-12(8-11)17(22)9-15(21-13)10-1-3-14-16(7-10)20-6-5-19-14/h1-4,7-9H,5-6H2. The highest BCUT2D eigenvalue weighted by Gasteiger charge is 2.14. The molecule has 0 fully saturated rings. The molecule has 0 atom stereocenters. The van der Waals surface area contributed by atoms with Gasteiger partial charge in [-0.25, -0.2) is 4.39 Å². The first-order chi connectivity index (χ1) is 10.7. The Hall–Kier alpha value is -2.40. The van der Waals surface area contributed by atoms with Gasteiger partial charge in [-0.15, -0.1) is 0 Å². The van der Waals surface area contributed by atoms with E-state index in [-0.39, 0.29) is 5.82 Å². The summed E-state index contributed by atoms with van der Waals surface area (Å²) in [6.45, 7) is 1.07. The molecule has 0 amide bonds. The predicted molar refractivity (Wildman–Crippen MR) is 83.4 cm³/mol. The lowest BCUT2D eigenvalue weighted by molar-refractivity contribution is 0.171. The van der Waals surface area contributed by atoms with E-state index < -0.39 is 0 Å². The molecule has 1 aliphatic rings. The lowest BCUT2D eigenvalue weighted by atomic mass is 10.1. The van der Waals surface area contributed by atoms with Crippen molar-refractivity contribution in [2.24, 2.45) is 0 Å². The van der Waals surface area contributed by atoms with Crippen molar-refractivity contribution >= 4 is 23.2 Å².